The van der Waals surface area contributed by atoms with Gasteiger partial charge in [-0.1, -0.05) is 42.5 Å². The summed E-state index contributed by atoms with van der Waals surface area (Å²) in [5.74, 6) is 0.721. The van der Waals surface area contributed by atoms with Crippen molar-refractivity contribution >= 4 is 6.08 Å². The van der Waals surface area contributed by atoms with Crippen LogP contribution in [0.4, 0.5) is 0 Å². The summed E-state index contributed by atoms with van der Waals surface area (Å²) >= 11 is 0. The molecule has 0 radical (unpaired) electrons. The quantitative estimate of drug-likeness (QED) is 0.875. The fourth-order valence-corrected chi connectivity index (χ4v) is 1.54. The van der Waals surface area contributed by atoms with Crippen molar-refractivity contribution in [2.45, 2.75) is 6.61 Å². The number of hydrogen-bond acceptors (Lipinski definition) is 3. The molecule has 3 nitrogen and oxygen atoms in total. The van der Waals surface area contributed by atoms with E-state index >= 15 is 0 Å². The first-order chi connectivity index (χ1) is 8.88. The molecule has 2 rings (SSSR count). The van der Waals surface area contributed by atoms with E-state index in [1.165, 1.54) is 0 Å². The molecule has 1 heterocycles. The maximum absolute atomic E-state index is 8.71. The van der Waals surface area contributed by atoms with Gasteiger partial charge < -0.3 is 9.84 Å². The zero-order chi connectivity index (χ0) is 12.6. The highest BCUT2D eigenvalue weighted by Crippen LogP contribution is 2.14. The van der Waals surface area contributed by atoms with Gasteiger partial charge >= 0.3 is 0 Å². The van der Waals surface area contributed by atoms with Gasteiger partial charge in [-0.15, -0.1) is 0 Å². The molecule has 0 saturated carbocycles. The predicted molar refractivity (Wildman–Crippen MR) is 71.1 cm³/mol. The van der Waals surface area contributed by atoms with Crippen molar-refractivity contribution in [3.8, 4) is 5.75 Å². The average molecular weight is 241 g/mol. The van der Waals surface area contributed by atoms with Crippen LogP contribution in [0, 0.1) is 0 Å². The Morgan fingerprint density at radius 3 is 2.78 bits per heavy atom. The van der Waals surface area contributed by atoms with Gasteiger partial charge in [-0.3, -0.25) is 4.98 Å². The lowest BCUT2D eigenvalue weighted by Crippen LogP contribution is -1.95. The summed E-state index contributed by atoms with van der Waals surface area (Å²) in [7, 11) is 0. The summed E-state index contributed by atoms with van der Waals surface area (Å²) in [6.07, 6.45) is 6.88. The first kappa shape index (κ1) is 12.3. The Hall–Kier alpha value is -2.13. The van der Waals surface area contributed by atoms with Crippen LogP contribution >= 0.6 is 0 Å². The Morgan fingerprint density at radius 1 is 1.17 bits per heavy atom. The van der Waals surface area contributed by atoms with Crippen LogP contribution < -0.4 is 4.74 Å². The van der Waals surface area contributed by atoms with Gasteiger partial charge in [0.15, 0.2) is 0 Å². The number of aromatic nitrogens is 1. The first-order valence-corrected chi connectivity index (χ1v) is 5.77. The lowest BCUT2D eigenvalue weighted by molar-refractivity contribution is 0.305. The molecule has 1 aromatic heterocycles. The van der Waals surface area contributed by atoms with E-state index in [1.54, 1.807) is 18.5 Å². The molecule has 0 saturated heterocycles. The summed E-state index contributed by atoms with van der Waals surface area (Å²) in [6.45, 7) is 0.546. The lowest BCUT2D eigenvalue weighted by atomic mass is 10.2. The molecule has 0 bridgehead atoms. The van der Waals surface area contributed by atoms with E-state index in [0.717, 1.165) is 16.9 Å². The van der Waals surface area contributed by atoms with Crippen molar-refractivity contribution in [2.75, 3.05) is 6.61 Å². The number of benzene rings is 1. The van der Waals surface area contributed by atoms with Crippen molar-refractivity contribution in [3.63, 3.8) is 0 Å². The number of pyridine rings is 1. The summed E-state index contributed by atoms with van der Waals surface area (Å²) in [6, 6.07) is 11.9. The zero-order valence-corrected chi connectivity index (χ0v) is 9.99. The molecule has 0 unspecified atom stereocenters. The smallest absolute Gasteiger partial charge is 0.138 e. The van der Waals surface area contributed by atoms with Crippen molar-refractivity contribution in [1.29, 1.82) is 0 Å². The minimum absolute atomic E-state index is 0.0229. The van der Waals surface area contributed by atoms with E-state index in [0.29, 0.717) is 6.61 Å². The Morgan fingerprint density at radius 2 is 2.00 bits per heavy atom. The molecule has 0 fully saturated rings. The molecule has 1 aromatic carbocycles. The van der Waals surface area contributed by atoms with Crippen molar-refractivity contribution in [2.24, 2.45) is 0 Å². The van der Waals surface area contributed by atoms with E-state index in [1.807, 2.05) is 42.5 Å². The molecular weight excluding hydrogens is 226 g/mol. The van der Waals surface area contributed by atoms with Crippen LogP contribution in [0.3, 0.4) is 0 Å². The van der Waals surface area contributed by atoms with Crippen LogP contribution in [0.1, 0.15) is 11.1 Å². The molecule has 0 aliphatic rings. The van der Waals surface area contributed by atoms with Crippen LogP contribution in [0.5, 0.6) is 5.75 Å². The molecule has 18 heavy (non-hydrogen) atoms. The minimum atomic E-state index is 0.0229. The van der Waals surface area contributed by atoms with Gasteiger partial charge in [0, 0.05) is 6.20 Å². The molecule has 2 aromatic rings. The van der Waals surface area contributed by atoms with Gasteiger partial charge in [0.05, 0.1) is 12.8 Å². The number of aliphatic hydroxyl groups excluding tert-OH is 1. The molecule has 0 spiro atoms. The summed E-state index contributed by atoms with van der Waals surface area (Å²) in [4.78, 5) is 4.09. The van der Waals surface area contributed by atoms with E-state index in [2.05, 4.69) is 4.98 Å². The van der Waals surface area contributed by atoms with E-state index < -0.39 is 0 Å². The van der Waals surface area contributed by atoms with Crippen molar-refractivity contribution in [3.05, 3.63) is 66.0 Å². The SMILES string of the molecule is OC/C=C/c1cncc(OCc2ccccc2)c1. The van der Waals surface area contributed by atoms with Gasteiger partial charge in [0.2, 0.25) is 0 Å². The standard InChI is InChI=1S/C15H15NO2/c17-8-4-7-14-9-15(11-16-10-14)18-12-13-5-2-1-3-6-13/h1-7,9-11,17H,8,12H2/b7-4+. The third-order valence-electron chi connectivity index (χ3n) is 2.40. The summed E-state index contributed by atoms with van der Waals surface area (Å²) in [5.41, 5.74) is 2.03. The predicted octanol–water partition coefficient (Wildman–Crippen LogP) is 2.67. The Kier molecular flexibility index (Phi) is 4.50. The number of aliphatic hydroxyl groups is 1. The lowest BCUT2D eigenvalue weighted by Gasteiger charge is -2.06. The maximum Gasteiger partial charge on any atom is 0.138 e. The second-order valence-corrected chi connectivity index (χ2v) is 3.81. The van der Waals surface area contributed by atoms with Crippen LogP contribution in [0.2, 0.25) is 0 Å². The molecule has 1 N–H and O–H groups in total. The van der Waals surface area contributed by atoms with Crippen molar-refractivity contribution in [1.82, 2.24) is 4.98 Å². The normalized spacial score (nSPS) is 10.7. The van der Waals surface area contributed by atoms with Crippen LogP contribution in [-0.2, 0) is 6.61 Å². The third kappa shape index (κ3) is 3.71. The number of hydrogen-bond donors (Lipinski definition) is 1. The Bertz CT molecular complexity index is 509. The average Bonchev–Trinajstić information content (AvgIpc) is 2.44. The molecule has 0 aliphatic carbocycles. The fourth-order valence-electron chi connectivity index (χ4n) is 1.54. The molecule has 3 heteroatoms. The highest BCUT2D eigenvalue weighted by Gasteiger charge is 1.97. The van der Waals surface area contributed by atoms with Gasteiger partial charge in [-0.25, -0.2) is 0 Å². The largest absolute Gasteiger partial charge is 0.487 e. The molecule has 92 valence electrons. The van der Waals surface area contributed by atoms with Gasteiger partial charge in [0.1, 0.15) is 12.4 Å². The van der Waals surface area contributed by atoms with Gasteiger partial charge in [-0.05, 0) is 17.2 Å². The Labute approximate surface area is 106 Å². The van der Waals surface area contributed by atoms with E-state index in [-0.39, 0.29) is 6.61 Å². The monoisotopic (exact) mass is 241 g/mol. The second kappa shape index (κ2) is 6.57. The highest BCUT2D eigenvalue weighted by molar-refractivity contribution is 5.49. The van der Waals surface area contributed by atoms with Crippen LogP contribution in [0.15, 0.2) is 54.9 Å². The van der Waals surface area contributed by atoms with Crippen molar-refractivity contribution < 1.29 is 9.84 Å². The van der Waals surface area contributed by atoms with Crippen LogP contribution in [0.25, 0.3) is 6.08 Å². The zero-order valence-electron chi connectivity index (χ0n) is 9.99. The second-order valence-electron chi connectivity index (χ2n) is 3.81. The van der Waals surface area contributed by atoms with E-state index in [4.69, 9.17) is 9.84 Å². The summed E-state index contributed by atoms with van der Waals surface area (Å²) in [5, 5.41) is 8.71. The van der Waals surface area contributed by atoms with E-state index in [9.17, 15) is 0 Å². The number of rotatable bonds is 5. The maximum atomic E-state index is 8.71. The molecule has 0 amide bonds. The molecule has 0 aliphatic heterocycles. The fraction of sp³-hybridized carbons (Fsp3) is 0.133. The molecule has 0 atom stereocenters. The minimum Gasteiger partial charge on any atom is -0.487 e. The van der Waals surface area contributed by atoms with Gasteiger partial charge in [0.25, 0.3) is 0 Å². The number of ether oxygens (including phenoxy) is 1. The molecular formula is C15H15NO2. The number of nitrogens with zero attached hydrogens (tertiary/aromatic N) is 1. The summed E-state index contributed by atoms with van der Waals surface area (Å²) < 4.78 is 5.65. The Balaban J connectivity index is 1.99. The highest BCUT2D eigenvalue weighted by atomic mass is 16.5. The topological polar surface area (TPSA) is 42.4 Å². The third-order valence-corrected chi connectivity index (χ3v) is 2.40. The van der Waals surface area contributed by atoms with Crippen LogP contribution in [-0.4, -0.2) is 16.7 Å². The van der Waals surface area contributed by atoms with Gasteiger partial charge in [-0.2, -0.15) is 0 Å². The first-order valence-electron chi connectivity index (χ1n) is 5.77.